The first-order valence-corrected chi connectivity index (χ1v) is 7.22. The number of nitrogens with one attached hydrogen (secondary N) is 1. The maximum atomic E-state index is 3.55. The van der Waals surface area contributed by atoms with E-state index in [0.717, 1.165) is 23.7 Å². The predicted octanol–water partition coefficient (Wildman–Crippen LogP) is 4.08. The molecule has 1 aliphatic rings. The van der Waals surface area contributed by atoms with Crippen LogP contribution in [-0.4, -0.2) is 12.6 Å². The monoisotopic (exact) mass is 225 g/mol. The van der Waals surface area contributed by atoms with Gasteiger partial charge in [-0.15, -0.1) is 0 Å². The summed E-state index contributed by atoms with van der Waals surface area (Å²) >= 11 is 0. The molecule has 0 aromatic rings. The second-order valence-corrected chi connectivity index (χ2v) is 6.54. The topological polar surface area (TPSA) is 12.0 Å². The van der Waals surface area contributed by atoms with E-state index in [4.69, 9.17) is 0 Å². The van der Waals surface area contributed by atoms with Crippen LogP contribution in [0.3, 0.4) is 0 Å². The van der Waals surface area contributed by atoms with Crippen molar-refractivity contribution < 1.29 is 0 Å². The predicted molar refractivity (Wildman–Crippen MR) is 72.6 cm³/mol. The van der Waals surface area contributed by atoms with Crippen molar-refractivity contribution in [1.82, 2.24) is 5.32 Å². The van der Waals surface area contributed by atoms with Crippen molar-refractivity contribution in [1.29, 1.82) is 0 Å². The second kappa shape index (κ2) is 6.64. The summed E-state index contributed by atoms with van der Waals surface area (Å²) in [4.78, 5) is 0. The zero-order valence-electron chi connectivity index (χ0n) is 11.9. The maximum absolute atomic E-state index is 3.55. The average molecular weight is 225 g/mol. The van der Waals surface area contributed by atoms with E-state index in [1.807, 2.05) is 0 Å². The first-order chi connectivity index (χ1) is 7.49. The second-order valence-electron chi connectivity index (χ2n) is 6.54. The Morgan fingerprint density at radius 1 is 1.06 bits per heavy atom. The maximum Gasteiger partial charge on any atom is 0.00104 e. The SMILES string of the molecule is CC(CNC(C)C)CC1CCC(C)C(C)C1. The first kappa shape index (κ1) is 14.0. The summed E-state index contributed by atoms with van der Waals surface area (Å²) in [5, 5.41) is 3.55. The summed E-state index contributed by atoms with van der Waals surface area (Å²) in [6.07, 6.45) is 5.82. The van der Waals surface area contributed by atoms with E-state index in [9.17, 15) is 0 Å². The van der Waals surface area contributed by atoms with E-state index in [0.29, 0.717) is 6.04 Å². The summed E-state index contributed by atoms with van der Waals surface area (Å²) in [5.74, 6) is 3.74. The minimum Gasteiger partial charge on any atom is -0.314 e. The van der Waals surface area contributed by atoms with Crippen LogP contribution in [0.5, 0.6) is 0 Å². The summed E-state index contributed by atoms with van der Waals surface area (Å²) in [7, 11) is 0. The van der Waals surface area contributed by atoms with Gasteiger partial charge in [0, 0.05) is 6.04 Å². The van der Waals surface area contributed by atoms with Crippen LogP contribution in [0.4, 0.5) is 0 Å². The summed E-state index contributed by atoms with van der Waals surface area (Å²) in [5.41, 5.74) is 0. The number of hydrogen-bond donors (Lipinski definition) is 1. The molecule has 0 aromatic heterocycles. The molecule has 1 fully saturated rings. The van der Waals surface area contributed by atoms with Gasteiger partial charge in [0.25, 0.3) is 0 Å². The molecule has 1 nitrogen and oxygen atoms in total. The highest BCUT2D eigenvalue weighted by atomic mass is 14.9. The van der Waals surface area contributed by atoms with Crippen LogP contribution < -0.4 is 5.32 Å². The molecule has 1 aliphatic carbocycles. The smallest absolute Gasteiger partial charge is 0.00104 e. The van der Waals surface area contributed by atoms with Gasteiger partial charge in [-0.2, -0.15) is 0 Å². The molecule has 0 amide bonds. The lowest BCUT2D eigenvalue weighted by Crippen LogP contribution is -2.30. The Balaban J connectivity index is 2.21. The fraction of sp³-hybridized carbons (Fsp3) is 1.00. The van der Waals surface area contributed by atoms with Gasteiger partial charge in [0.1, 0.15) is 0 Å². The van der Waals surface area contributed by atoms with Gasteiger partial charge in [-0.05, 0) is 43.1 Å². The average Bonchev–Trinajstić information content (AvgIpc) is 2.21. The highest BCUT2D eigenvalue weighted by Gasteiger charge is 2.25. The van der Waals surface area contributed by atoms with Crippen LogP contribution in [0.15, 0.2) is 0 Å². The van der Waals surface area contributed by atoms with Gasteiger partial charge in [-0.25, -0.2) is 0 Å². The third-order valence-electron chi connectivity index (χ3n) is 4.32. The number of rotatable bonds is 5. The van der Waals surface area contributed by atoms with Crippen molar-refractivity contribution in [2.24, 2.45) is 23.7 Å². The lowest BCUT2D eigenvalue weighted by molar-refractivity contribution is 0.184. The van der Waals surface area contributed by atoms with E-state index < -0.39 is 0 Å². The van der Waals surface area contributed by atoms with Crippen molar-refractivity contribution in [3.63, 3.8) is 0 Å². The Hall–Kier alpha value is -0.0400. The zero-order chi connectivity index (χ0) is 12.1. The van der Waals surface area contributed by atoms with Crippen LogP contribution in [-0.2, 0) is 0 Å². The van der Waals surface area contributed by atoms with Crippen molar-refractivity contribution >= 4 is 0 Å². The Morgan fingerprint density at radius 3 is 2.31 bits per heavy atom. The molecule has 16 heavy (non-hydrogen) atoms. The van der Waals surface area contributed by atoms with Gasteiger partial charge in [0.15, 0.2) is 0 Å². The summed E-state index contributed by atoms with van der Waals surface area (Å²) < 4.78 is 0. The van der Waals surface area contributed by atoms with Crippen LogP contribution in [0, 0.1) is 23.7 Å². The molecule has 0 saturated heterocycles. The molecule has 96 valence electrons. The van der Waals surface area contributed by atoms with Crippen molar-refractivity contribution in [3.05, 3.63) is 0 Å². The Labute approximate surface area is 102 Å². The molecule has 0 spiro atoms. The molecule has 4 unspecified atom stereocenters. The molecule has 1 heteroatoms. The quantitative estimate of drug-likeness (QED) is 0.743. The van der Waals surface area contributed by atoms with Crippen LogP contribution in [0.25, 0.3) is 0 Å². The van der Waals surface area contributed by atoms with Crippen LogP contribution in [0.2, 0.25) is 0 Å². The first-order valence-electron chi connectivity index (χ1n) is 7.22. The molecular weight excluding hydrogens is 194 g/mol. The summed E-state index contributed by atoms with van der Waals surface area (Å²) in [6.45, 7) is 12.9. The van der Waals surface area contributed by atoms with Crippen molar-refractivity contribution in [2.45, 2.75) is 66.3 Å². The fourth-order valence-electron chi connectivity index (χ4n) is 2.96. The lowest BCUT2D eigenvalue weighted by Gasteiger charge is -2.33. The molecule has 1 saturated carbocycles. The normalized spacial score (nSPS) is 33.0. The van der Waals surface area contributed by atoms with E-state index in [-0.39, 0.29) is 0 Å². The third kappa shape index (κ3) is 4.86. The Bertz CT molecular complexity index is 188. The number of hydrogen-bond acceptors (Lipinski definition) is 1. The van der Waals surface area contributed by atoms with Crippen LogP contribution >= 0.6 is 0 Å². The highest BCUT2D eigenvalue weighted by molar-refractivity contribution is 4.77. The molecule has 4 atom stereocenters. The lowest BCUT2D eigenvalue weighted by atomic mass is 9.73. The molecule has 0 aromatic carbocycles. The summed E-state index contributed by atoms with van der Waals surface area (Å²) in [6, 6.07) is 0.632. The van der Waals surface area contributed by atoms with Crippen LogP contribution in [0.1, 0.15) is 60.3 Å². The van der Waals surface area contributed by atoms with Crippen molar-refractivity contribution in [2.75, 3.05) is 6.54 Å². The third-order valence-corrected chi connectivity index (χ3v) is 4.32. The van der Waals surface area contributed by atoms with Gasteiger partial charge in [0.05, 0.1) is 0 Å². The minimum atomic E-state index is 0.632. The van der Waals surface area contributed by atoms with E-state index >= 15 is 0 Å². The Kier molecular flexibility index (Phi) is 5.82. The Morgan fingerprint density at radius 2 is 1.75 bits per heavy atom. The molecular formula is C15H31N. The largest absolute Gasteiger partial charge is 0.314 e. The van der Waals surface area contributed by atoms with Gasteiger partial charge >= 0.3 is 0 Å². The molecule has 1 rings (SSSR count). The minimum absolute atomic E-state index is 0.632. The molecule has 0 heterocycles. The van der Waals surface area contributed by atoms with Gasteiger partial charge in [-0.3, -0.25) is 0 Å². The fourth-order valence-corrected chi connectivity index (χ4v) is 2.96. The van der Waals surface area contributed by atoms with E-state index in [2.05, 4.69) is 39.9 Å². The van der Waals surface area contributed by atoms with Gasteiger partial charge in [-0.1, -0.05) is 47.5 Å². The zero-order valence-corrected chi connectivity index (χ0v) is 11.9. The standard InChI is InChI=1S/C15H31N/c1-11(2)16-10-12(3)8-15-7-6-13(4)14(5)9-15/h11-16H,6-10H2,1-5H3. The molecule has 0 bridgehead atoms. The van der Waals surface area contributed by atoms with E-state index in [1.54, 1.807) is 0 Å². The van der Waals surface area contributed by atoms with E-state index in [1.165, 1.54) is 32.2 Å². The molecule has 1 N–H and O–H groups in total. The van der Waals surface area contributed by atoms with Gasteiger partial charge < -0.3 is 5.32 Å². The molecule has 0 aliphatic heterocycles. The molecule has 0 radical (unpaired) electrons. The highest BCUT2D eigenvalue weighted by Crippen LogP contribution is 2.36. The van der Waals surface area contributed by atoms with Crippen molar-refractivity contribution in [3.8, 4) is 0 Å². The van der Waals surface area contributed by atoms with Gasteiger partial charge in [0.2, 0.25) is 0 Å².